The molecule has 0 aliphatic carbocycles. The third-order valence-corrected chi connectivity index (χ3v) is 4.37. The number of para-hydroxylation sites is 1. The first-order chi connectivity index (χ1) is 12.9. The average molecular weight is 405 g/mol. The molecule has 2 aromatic carbocycles. The summed E-state index contributed by atoms with van der Waals surface area (Å²) in [6, 6.07) is 12.9. The molecule has 0 unspecified atom stereocenters. The highest BCUT2D eigenvalue weighted by molar-refractivity contribution is 6.35. The molecule has 1 heterocycles. The van der Waals surface area contributed by atoms with E-state index in [1.54, 1.807) is 42.5 Å². The first kappa shape index (κ1) is 18.9. The van der Waals surface area contributed by atoms with Gasteiger partial charge in [0.2, 0.25) is 0 Å². The van der Waals surface area contributed by atoms with E-state index >= 15 is 0 Å². The average Bonchev–Trinajstić information content (AvgIpc) is 2.65. The lowest BCUT2D eigenvalue weighted by atomic mass is 10.2. The molecular weight excluding hydrogens is 391 g/mol. The molecule has 0 bridgehead atoms. The molecule has 0 saturated heterocycles. The summed E-state index contributed by atoms with van der Waals surface area (Å²) < 4.78 is 4.96. The van der Waals surface area contributed by atoms with Crippen LogP contribution >= 0.6 is 23.2 Å². The Balaban J connectivity index is 1.58. The molecule has 1 amide bonds. The maximum absolute atomic E-state index is 12.1. The number of hydrogen-bond donors (Lipinski definition) is 2. The van der Waals surface area contributed by atoms with Crippen molar-refractivity contribution in [1.82, 2.24) is 10.3 Å². The van der Waals surface area contributed by atoms with E-state index in [4.69, 9.17) is 27.9 Å². The number of H-pyrrole nitrogens is 1. The number of pyridine rings is 1. The Bertz CT molecular complexity index is 1080. The van der Waals surface area contributed by atoms with Crippen LogP contribution in [0.25, 0.3) is 10.9 Å². The van der Waals surface area contributed by atoms with Crippen LogP contribution in [0.4, 0.5) is 0 Å². The van der Waals surface area contributed by atoms with Crippen LogP contribution in [0.3, 0.4) is 0 Å². The van der Waals surface area contributed by atoms with Gasteiger partial charge in [-0.25, -0.2) is 4.79 Å². The molecule has 1 aromatic heterocycles. The Kier molecular flexibility index (Phi) is 5.78. The topological polar surface area (TPSA) is 88.3 Å². The van der Waals surface area contributed by atoms with E-state index in [1.807, 2.05) is 0 Å². The second-order valence-electron chi connectivity index (χ2n) is 5.68. The molecule has 6 nitrogen and oxygen atoms in total. The standard InChI is InChI=1S/C19H14Cl2N2O4/c20-12-6-5-11(14(21)7-12)9-22-18(25)10-27-19(26)16-8-17(24)13-3-1-2-4-15(13)23-16/h1-8H,9-10H2,(H,22,25)(H,23,24). The van der Waals surface area contributed by atoms with Crippen molar-refractivity contribution in [1.29, 1.82) is 0 Å². The summed E-state index contributed by atoms with van der Waals surface area (Å²) in [5.74, 6) is -1.30. The molecule has 0 atom stereocenters. The van der Waals surface area contributed by atoms with E-state index < -0.39 is 18.5 Å². The van der Waals surface area contributed by atoms with Gasteiger partial charge < -0.3 is 15.0 Å². The quantitative estimate of drug-likeness (QED) is 0.638. The molecule has 0 radical (unpaired) electrons. The number of halogens is 2. The van der Waals surface area contributed by atoms with Gasteiger partial charge in [0.25, 0.3) is 5.91 Å². The number of rotatable bonds is 5. The Hall–Kier alpha value is -2.83. The molecule has 0 aliphatic heterocycles. The number of hydrogen-bond acceptors (Lipinski definition) is 4. The number of nitrogens with one attached hydrogen (secondary N) is 2. The van der Waals surface area contributed by atoms with Crippen molar-refractivity contribution < 1.29 is 14.3 Å². The highest BCUT2D eigenvalue weighted by atomic mass is 35.5. The van der Waals surface area contributed by atoms with Crippen molar-refractivity contribution in [3.63, 3.8) is 0 Å². The highest BCUT2D eigenvalue weighted by Gasteiger charge is 2.13. The predicted octanol–water partition coefficient (Wildman–Crippen LogP) is 3.31. The lowest BCUT2D eigenvalue weighted by molar-refractivity contribution is -0.124. The van der Waals surface area contributed by atoms with Crippen molar-refractivity contribution in [2.75, 3.05) is 6.61 Å². The molecule has 0 saturated carbocycles. The van der Waals surface area contributed by atoms with E-state index in [0.29, 0.717) is 26.5 Å². The Morgan fingerprint density at radius 3 is 2.63 bits per heavy atom. The van der Waals surface area contributed by atoms with Crippen molar-refractivity contribution >= 4 is 46.0 Å². The van der Waals surface area contributed by atoms with Crippen LogP contribution in [0.5, 0.6) is 0 Å². The summed E-state index contributed by atoms with van der Waals surface area (Å²) in [5.41, 5.74) is 0.865. The zero-order valence-corrected chi connectivity index (χ0v) is 15.4. The van der Waals surface area contributed by atoms with E-state index in [9.17, 15) is 14.4 Å². The number of esters is 1. The fraction of sp³-hybridized carbons (Fsp3) is 0.105. The van der Waals surface area contributed by atoms with Crippen molar-refractivity contribution in [3.8, 4) is 0 Å². The first-order valence-electron chi connectivity index (χ1n) is 7.94. The number of ether oxygens (including phenoxy) is 1. The number of amides is 1. The van der Waals surface area contributed by atoms with Gasteiger partial charge in [-0.15, -0.1) is 0 Å². The predicted molar refractivity (Wildman–Crippen MR) is 103 cm³/mol. The summed E-state index contributed by atoms with van der Waals surface area (Å²) in [6.45, 7) is -0.321. The van der Waals surface area contributed by atoms with Gasteiger partial charge in [-0.05, 0) is 29.8 Å². The SMILES string of the molecule is O=C(COC(=O)c1cc(=O)c2ccccc2[nH]1)NCc1ccc(Cl)cc1Cl. The fourth-order valence-corrected chi connectivity index (χ4v) is 2.90. The van der Waals surface area contributed by atoms with E-state index in [-0.39, 0.29) is 17.7 Å². The van der Waals surface area contributed by atoms with Gasteiger partial charge in [-0.1, -0.05) is 41.4 Å². The van der Waals surface area contributed by atoms with E-state index in [1.165, 1.54) is 0 Å². The zero-order chi connectivity index (χ0) is 19.4. The number of benzene rings is 2. The second kappa shape index (κ2) is 8.24. The number of carbonyl (C=O) groups excluding carboxylic acids is 2. The van der Waals surface area contributed by atoms with Gasteiger partial charge in [0.15, 0.2) is 12.0 Å². The summed E-state index contributed by atoms with van der Waals surface area (Å²) in [6.07, 6.45) is 0. The third-order valence-electron chi connectivity index (χ3n) is 3.78. The summed E-state index contributed by atoms with van der Waals surface area (Å²) >= 11 is 11.8. The fourth-order valence-electron chi connectivity index (χ4n) is 2.43. The van der Waals surface area contributed by atoms with Gasteiger partial charge in [0.05, 0.1) is 0 Å². The largest absolute Gasteiger partial charge is 0.451 e. The first-order valence-corrected chi connectivity index (χ1v) is 8.69. The van der Waals surface area contributed by atoms with E-state index in [0.717, 1.165) is 6.07 Å². The van der Waals surface area contributed by atoms with Gasteiger partial charge in [-0.3, -0.25) is 9.59 Å². The molecule has 138 valence electrons. The lowest BCUT2D eigenvalue weighted by Crippen LogP contribution is -2.28. The number of fused-ring (bicyclic) bond motifs is 1. The summed E-state index contributed by atoms with van der Waals surface area (Å²) in [7, 11) is 0. The van der Waals surface area contributed by atoms with Gasteiger partial charge in [-0.2, -0.15) is 0 Å². The van der Waals surface area contributed by atoms with Crippen LogP contribution in [-0.2, 0) is 16.1 Å². The van der Waals surface area contributed by atoms with Crippen LogP contribution < -0.4 is 10.7 Å². The third kappa shape index (κ3) is 4.67. The Morgan fingerprint density at radius 2 is 1.85 bits per heavy atom. The molecule has 0 fully saturated rings. The number of carbonyl (C=O) groups is 2. The highest BCUT2D eigenvalue weighted by Crippen LogP contribution is 2.20. The molecule has 0 aliphatic rings. The lowest BCUT2D eigenvalue weighted by Gasteiger charge is -2.08. The zero-order valence-electron chi connectivity index (χ0n) is 13.9. The van der Waals surface area contributed by atoms with Crippen molar-refractivity contribution in [2.24, 2.45) is 0 Å². The maximum Gasteiger partial charge on any atom is 0.355 e. The minimum absolute atomic E-state index is 0.0211. The minimum Gasteiger partial charge on any atom is -0.451 e. The molecule has 0 spiro atoms. The van der Waals surface area contributed by atoms with Crippen molar-refractivity contribution in [2.45, 2.75) is 6.54 Å². The number of aromatic nitrogens is 1. The Morgan fingerprint density at radius 1 is 1.07 bits per heavy atom. The van der Waals surface area contributed by atoms with Gasteiger partial charge in [0.1, 0.15) is 5.69 Å². The normalized spacial score (nSPS) is 10.6. The molecule has 27 heavy (non-hydrogen) atoms. The smallest absolute Gasteiger partial charge is 0.355 e. The van der Waals surface area contributed by atoms with Crippen LogP contribution in [-0.4, -0.2) is 23.5 Å². The summed E-state index contributed by atoms with van der Waals surface area (Å²) in [4.78, 5) is 38.8. The van der Waals surface area contributed by atoms with Crippen LogP contribution in [0.1, 0.15) is 16.1 Å². The maximum atomic E-state index is 12.1. The van der Waals surface area contributed by atoms with Crippen LogP contribution in [0.15, 0.2) is 53.3 Å². The monoisotopic (exact) mass is 404 g/mol. The molecule has 3 rings (SSSR count). The molecular formula is C19H14Cl2N2O4. The summed E-state index contributed by atoms with van der Waals surface area (Å²) in [5, 5.41) is 3.97. The van der Waals surface area contributed by atoms with Gasteiger partial charge >= 0.3 is 5.97 Å². The van der Waals surface area contributed by atoms with Gasteiger partial charge in [0, 0.05) is 33.6 Å². The minimum atomic E-state index is -0.794. The van der Waals surface area contributed by atoms with Crippen LogP contribution in [0.2, 0.25) is 10.0 Å². The van der Waals surface area contributed by atoms with Crippen molar-refractivity contribution in [3.05, 3.63) is 80.1 Å². The van der Waals surface area contributed by atoms with Crippen LogP contribution in [0, 0.1) is 0 Å². The molecule has 2 N–H and O–H groups in total. The number of aromatic amines is 1. The molecule has 3 aromatic rings. The molecule has 8 heteroatoms. The van der Waals surface area contributed by atoms with E-state index in [2.05, 4.69) is 10.3 Å². The Labute approximate surface area is 164 Å². The second-order valence-corrected chi connectivity index (χ2v) is 6.53.